The maximum Gasteiger partial charge on any atom is 0.224 e. The van der Waals surface area contributed by atoms with Gasteiger partial charge in [0.15, 0.2) is 17.5 Å². The Kier molecular flexibility index (Phi) is 6.07. The van der Waals surface area contributed by atoms with Crippen LogP contribution in [0.3, 0.4) is 0 Å². The Hall–Kier alpha value is -3.27. The van der Waals surface area contributed by atoms with Gasteiger partial charge < -0.3 is 15.2 Å². The van der Waals surface area contributed by atoms with Crippen LogP contribution in [0.2, 0.25) is 0 Å². The average Bonchev–Trinajstić information content (AvgIpc) is 3.27. The Morgan fingerprint density at radius 1 is 1.12 bits per heavy atom. The number of rotatable bonds is 5. The molecule has 5 rings (SSSR count). The number of hydrogen-bond donors (Lipinski definition) is 1. The number of carbonyl (C=O) groups excluding carboxylic acids is 1. The molecule has 2 aromatic heterocycles. The summed E-state index contributed by atoms with van der Waals surface area (Å²) in [6.07, 6.45) is 4.13. The van der Waals surface area contributed by atoms with Crippen LogP contribution in [0.15, 0.2) is 36.5 Å². The highest BCUT2D eigenvalue weighted by Gasteiger charge is 2.38. The fourth-order valence-electron chi connectivity index (χ4n) is 5.12. The Morgan fingerprint density at radius 3 is 2.74 bits per heavy atom. The van der Waals surface area contributed by atoms with Gasteiger partial charge in [-0.25, -0.2) is 13.2 Å². The lowest BCUT2D eigenvalue weighted by molar-refractivity contribution is -0.134. The summed E-state index contributed by atoms with van der Waals surface area (Å²) in [5.74, 6) is -1.41. The number of likely N-dealkylation sites (tertiary alicyclic amines) is 1. The Bertz CT molecular complexity index is 1200. The molecule has 3 aromatic rings. The molecule has 1 aromatic carbocycles. The van der Waals surface area contributed by atoms with Gasteiger partial charge >= 0.3 is 0 Å². The average molecular weight is 470 g/mol. The van der Waals surface area contributed by atoms with E-state index in [4.69, 9.17) is 5.73 Å². The standard InChI is InChI=1S/C24H25F3N6O/c25-17-12-19(27)18(26)10-15(17)9-16(28)11-23(34)32-8-6-21-14(13-32)4-5-22-30-31-24(33(21)22)20-3-1-2-7-29-20/h1-3,7,10,12,14,16,21H,4-6,8-9,11,13,28H2/t14-,16+,21+/m0/s1. The van der Waals surface area contributed by atoms with E-state index in [0.29, 0.717) is 19.2 Å². The van der Waals surface area contributed by atoms with Crippen molar-refractivity contribution in [2.45, 2.75) is 44.2 Å². The number of carbonyl (C=O) groups is 1. The summed E-state index contributed by atoms with van der Waals surface area (Å²) < 4.78 is 42.7. The summed E-state index contributed by atoms with van der Waals surface area (Å²) in [4.78, 5) is 19.2. The van der Waals surface area contributed by atoms with Crippen molar-refractivity contribution in [3.8, 4) is 11.5 Å². The summed E-state index contributed by atoms with van der Waals surface area (Å²) in [7, 11) is 0. The SMILES string of the molecule is N[C@@H](CC(=O)N1CC[C@@H]2[C@@H](CCc3nnc(-c4ccccn4)n32)C1)Cc1cc(F)c(F)cc1F. The van der Waals surface area contributed by atoms with Crippen LogP contribution in [0, 0.1) is 23.4 Å². The highest BCUT2D eigenvalue weighted by Crippen LogP contribution is 2.39. The fourth-order valence-corrected chi connectivity index (χ4v) is 5.12. The van der Waals surface area contributed by atoms with Crippen molar-refractivity contribution in [2.75, 3.05) is 13.1 Å². The zero-order chi connectivity index (χ0) is 23.8. The Morgan fingerprint density at radius 2 is 1.94 bits per heavy atom. The van der Waals surface area contributed by atoms with Crippen LogP contribution in [0.4, 0.5) is 13.2 Å². The van der Waals surface area contributed by atoms with Crippen molar-refractivity contribution < 1.29 is 18.0 Å². The molecule has 0 spiro atoms. The van der Waals surface area contributed by atoms with Crippen molar-refractivity contribution in [3.63, 3.8) is 0 Å². The van der Waals surface area contributed by atoms with E-state index in [1.807, 2.05) is 18.2 Å². The molecule has 1 saturated heterocycles. The molecule has 0 aliphatic carbocycles. The van der Waals surface area contributed by atoms with E-state index in [2.05, 4.69) is 19.7 Å². The molecular formula is C24H25F3N6O. The maximum atomic E-state index is 13.9. The van der Waals surface area contributed by atoms with E-state index in [1.54, 1.807) is 11.1 Å². The van der Waals surface area contributed by atoms with Crippen LogP contribution in [-0.4, -0.2) is 49.7 Å². The molecule has 0 radical (unpaired) electrons. The first-order valence-electron chi connectivity index (χ1n) is 11.4. The van der Waals surface area contributed by atoms with Gasteiger partial charge in [-0.3, -0.25) is 9.78 Å². The zero-order valence-electron chi connectivity index (χ0n) is 18.5. The van der Waals surface area contributed by atoms with Gasteiger partial charge in [0.2, 0.25) is 5.91 Å². The molecule has 2 aliphatic rings. The normalized spacial score (nSPS) is 20.5. The molecule has 1 amide bonds. The second-order valence-electron chi connectivity index (χ2n) is 9.05. The van der Waals surface area contributed by atoms with E-state index < -0.39 is 23.5 Å². The molecule has 0 saturated carbocycles. The zero-order valence-corrected chi connectivity index (χ0v) is 18.5. The fraction of sp³-hybridized carbons (Fsp3) is 0.417. The number of piperidine rings is 1. The minimum absolute atomic E-state index is 0.00683. The van der Waals surface area contributed by atoms with Crippen molar-refractivity contribution in [1.29, 1.82) is 0 Å². The number of hydrogen-bond acceptors (Lipinski definition) is 5. The lowest BCUT2D eigenvalue weighted by atomic mass is 9.84. The largest absolute Gasteiger partial charge is 0.342 e. The van der Waals surface area contributed by atoms with Gasteiger partial charge in [0.05, 0.1) is 0 Å². The molecule has 0 bridgehead atoms. The lowest BCUT2D eigenvalue weighted by Crippen LogP contribution is -2.47. The van der Waals surface area contributed by atoms with Gasteiger partial charge in [-0.15, -0.1) is 10.2 Å². The molecular weight excluding hydrogens is 445 g/mol. The molecule has 2 aliphatic heterocycles. The predicted molar refractivity (Wildman–Crippen MR) is 118 cm³/mol. The summed E-state index contributed by atoms with van der Waals surface area (Å²) in [6, 6.07) is 6.48. The quantitative estimate of drug-likeness (QED) is 0.579. The van der Waals surface area contributed by atoms with Crippen molar-refractivity contribution >= 4 is 5.91 Å². The molecule has 34 heavy (non-hydrogen) atoms. The van der Waals surface area contributed by atoms with Crippen LogP contribution in [0.25, 0.3) is 11.5 Å². The molecule has 4 heterocycles. The van der Waals surface area contributed by atoms with Gasteiger partial charge in [-0.2, -0.15) is 0 Å². The van der Waals surface area contributed by atoms with Crippen LogP contribution in [0.5, 0.6) is 0 Å². The van der Waals surface area contributed by atoms with Gasteiger partial charge in [0.1, 0.15) is 17.3 Å². The highest BCUT2D eigenvalue weighted by molar-refractivity contribution is 5.77. The van der Waals surface area contributed by atoms with Crippen LogP contribution < -0.4 is 5.73 Å². The van der Waals surface area contributed by atoms with Crippen LogP contribution >= 0.6 is 0 Å². The molecule has 10 heteroatoms. The third-order valence-electron chi connectivity index (χ3n) is 6.79. The van der Waals surface area contributed by atoms with E-state index in [-0.39, 0.29) is 36.3 Å². The van der Waals surface area contributed by atoms with Gasteiger partial charge in [-0.05, 0) is 48.9 Å². The second-order valence-corrected chi connectivity index (χ2v) is 9.05. The number of aryl methyl sites for hydroxylation is 1. The Balaban J connectivity index is 1.24. The molecule has 1 fully saturated rings. The third kappa shape index (κ3) is 4.29. The summed E-state index contributed by atoms with van der Waals surface area (Å²) >= 11 is 0. The van der Waals surface area contributed by atoms with Crippen molar-refractivity contribution in [3.05, 3.63) is 65.4 Å². The Labute approximate surface area is 194 Å². The first-order chi connectivity index (χ1) is 16.4. The lowest BCUT2D eigenvalue weighted by Gasteiger charge is -2.42. The van der Waals surface area contributed by atoms with Gasteiger partial charge in [0.25, 0.3) is 0 Å². The maximum absolute atomic E-state index is 13.9. The van der Waals surface area contributed by atoms with Crippen LogP contribution in [-0.2, 0) is 17.6 Å². The van der Waals surface area contributed by atoms with Gasteiger partial charge in [-0.1, -0.05) is 6.07 Å². The number of aromatic nitrogens is 4. The smallest absolute Gasteiger partial charge is 0.224 e. The molecule has 178 valence electrons. The van der Waals surface area contributed by atoms with E-state index in [9.17, 15) is 18.0 Å². The number of halogens is 3. The van der Waals surface area contributed by atoms with Crippen molar-refractivity contribution in [2.24, 2.45) is 11.7 Å². The third-order valence-corrected chi connectivity index (χ3v) is 6.79. The first-order valence-corrected chi connectivity index (χ1v) is 11.4. The minimum Gasteiger partial charge on any atom is -0.342 e. The summed E-state index contributed by atoms with van der Waals surface area (Å²) in [5, 5.41) is 8.76. The first kappa shape index (κ1) is 22.5. The number of nitrogens with two attached hydrogens (primary N) is 1. The number of nitrogens with zero attached hydrogens (tertiary/aromatic N) is 5. The highest BCUT2D eigenvalue weighted by atomic mass is 19.2. The predicted octanol–water partition coefficient (Wildman–Crippen LogP) is 3.05. The number of amides is 1. The van der Waals surface area contributed by atoms with E-state index in [1.165, 1.54) is 0 Å². The molecule has 0 unspecified atom stereocenters. The monoisotopic (exact) mass is 470 g/mol. The van der Waals surface area contributed by atoms with Crippen LogP contribution in [0.1, 0.15) is 36.7 Å². The molecule has 2 N–H and O–H groups in total. The second kappa shape index (κ2) is 9.17. The minimum atomic E-state index is -1.25. The molecule has 3 atom stereocenters. The van der Waals surface area contributed by atoms with Crippen molar-refractivity contribution in [1.82, 2.24) is 24.6 Å². The van der Waals surface area contributed by atoms with E-state index in [0.717, 1.165) is 42.7 Å². The number of pyridine rings is 1. The van der Waals surface area contributed by atoms with Gasteiger partial charge in [0, 0.05) is 50.3 Å². The van der Waals surface area contributed by atoms with E-state index >= 15 is 0 Å². The number of fused-ring (bicyclic) bond motifs is 3. The summed E-state index contributed by atoms with van der Waals surface area (Å²) in [5.41, 5.74) is 6.82. The number of benzene rings is 1. The summed E-state index contributed by atoms with van der Waals surface area (Å²) in [6.45, 7) is 1.15. The molecule has 7 nitrogen and oxygen atoms in total. The topological polar surface area (TPSA) is 89.9 Å².